The van der Waals surface area contributed by atoms with E-state index < -0.39 is 34.3 Å². The fourth-order valence-electron chi connectivity index (χ4n) is 3.57. The van der Waals surface area contributed by atoms with Gasteiger partial charge in [0, 0.05) is 13.1 Å². The molecule has 0 aromatic heterocycles. The Morgan fingerprint density at radius 3 is 2.31 bits per heavy atom. The molecule has 0 saturated carbocycles. The van der Waals surface area contributed by atoms with Crippen LogP contribution in [0.4, 0.5) is 10.1 Å². The van der Waals surface area contributed by atoms with Crippen LogP contribution in [0.2, 0.25) is 5.02 Å². The standard InChI is InChI=1S/C25H33ClFN3O4S/c1-5-23(25(32)28-16-18(2)3)29(14-13-19-9-7-6-8-10-19)24(31)17-30(35(4,33)34)20-11-12-22(27)21(26)15-20/h6-12,15,18,23H,5,13-14,16-17H2,1-4H3,(H,28,32)/t23-/m0/s1. The SMILES string of the molecule is CC[C@@H](C(=O)NCC(C)C)N(CCc1ccccc1)C(=O)CN(c1ccc(F)c(Cl)c1)S(C)(=O)=O. The van der Waals surface area contributed by atoms with Crippen molar-refractivity contribution >= 4 is 39.1 Å². The van der Waals surface area contributed by atoms with Gasteiger partial charge >= 0.3 is 0 Å². The second-order valence-electron chi connectivity index (χ2n) is 8.75. The molecule has 0 aliphatic rings. The topological polar surface area (TPSA) is 86.8 Å². The molecule has 2 aromatic rings. The highest BCUT2D eigenvalue weighted by molar-refractivity contribution is 7.92. The van der Waals surface area contributed by atoms with Gasteiger partial charge in [-0.15, -0.1) is 0 Å². The number of anilines is 1. The van der Waals surface area contributed by atoms with Crippen LogP contribution < -0.4 is 9.62 Å². The first-order chi connectivity index (χ1) is 16.4. The van der Waals surface area contributed by atoms with Crippen molar-refractivity contribution in [2.75, 3.05) is 30.2 Å². The molecule has 0 aliphatic heterocycles. The molecule has 0 unspecified atom stereocenters. The third-order valence-electron chi connectivity index (χ3n) is 5.43. The van der Waals surface area contributed by atoms with Crippen molar-refractivity contribution in [3.05, 3.63) is 64.9 Å². The van der Waals surface area contributed by atoms with Crippen LogP contribution in [0.25, 0.3) is 0 Å². The van der Waals surface area contributed by atoms with E-state index in [0.717, 1.165) is 28.3 Å². The summed E-state index contributed by atoms with van der Waals surface area (Å²) in [7, 11) is -3.91. The summed E-state index contributed by atoms with van der Waals surface area (Å²) in [5, 5.41) is 2.61. The highest BCUT2D eigenvalue weighted by Crippen LogP contribution is 2.25. The summed E-state index contributed by atoms with van der Waals surface area (Å²) in [5.41, 5.74) is 1.04. The summed E-state index contributed by atoms with van der Waals surface area (Å²) < 4.78 is 39.6. The maximum absolute atomic E-state index is 13.7. The summed E-state index contributed by atoms with van der Waals surface area (Å²) in [6.07, 6.45) is 1.80. The zero-order chi connectivity index (χ0) is 26.2. The van der Waals surface area contributed by atoms with Gasteiger partial charge in [-0.2, -0.15) is 0 Å². The summed E-state index contributed by atoms with van der Waals surface area (Å²) in [6.45, 7) is 5.87. The van der Waals surface area contributed by atoms with Crippen LogP contribution in [0.15, 0.2) is 48.5 Å². The molecule has 7 nitrogen and oxygen atoms in total. The number of rotatable bonds is 12. The van der Waals surface area contributed by atoms with Crippen molar-refractivity contribution in [1.29, 1.82) is 0 Å². The van der Waals surface area contributed by atoms with E-state index in [4.69, 9.17) is 11.6 Å². The summed E-state index contributed by atoms with van der Waals surface area (Å²) >= 11 is 5.85. The van der Waals surface area contributed by atoms with Crippen LogP contribution in [-0.2, 0) is 26.0 Å². The number of nitrogens with one attached hydrogen (secondary N) is 1. The average molecular weight is 526 g/mol. The molecule has 2 rings (SSSR count). The minimum Gasteiger partial charge on any atom is -0.354 e. The lowest BCUT2D eigenvalue weighted by Crippen LogP contribution is -2.53. The summed E-state index contributed by atoms with van der Waals surface area (Å²) in [6, 6.07) is 12.2. The lowest BCUT2D eigenvalue weighted by Gasteiger charge is -2.33. The molecule has 1 atom stereocenters. The quantitative estimate of drug-likeness (QED) is 0.456. The van der Waals surface area contributed by atoms with Crippen molar-refractivity contribution in [2.45, 2.75) is 39.7 Å². The zero-order valence-electron chi connectivity index (χ0n) is 20.5. The van der Waals surface area contributed by atoms with Gasteiger partial charge in [-0.1, -0.05) is 62.7 Å². The molecule has 35 heavy (non-hydrogen) atoms. The largest absolute Gasteiger partial charge is 0.354 e. The van der Waals surface area contributed by atoms with Crippen LogP contribution in [0, 0.1) is 11.7 Å². The van der Waals surface area contributed by atoms with E-state index in [2.05, 4.69) is 5.32 Å². The minimum absolute atomic E-state index is 0.0626. The number of carbonyl (C=O) groups is 2. The van der Waals surface area contributed by atoms with Crippen LogP contribution in [0.1, 0.15) is 32.8 Å². The third kappa shape index (κ3) is 8.50. The second-order valence-corrected chi connectivity index (χ2v) is 11.1. The first-order valence-corrected chi connectivity index (χ1v) is 13.7. The van der Waals surface area contributed by atoms with E-state index >= 15 is 0 Å². The van der Waals surface area contributed by atoms with Gasteiger partial charge in [0.15, 0.2) is 0 Å². The molecule has 10 heteroatoms. The Bertz CT molecular complexity index is 1110. The third-order valence-corrected chi connectivity index (χ3v) is 6.86. The molecule has 0 heterocycles. The maximum Gasteiger partial charge on any atom is 0.244 e. The number of carbonyl (C=O) groups excluding carboxylic acids is 2. The van der Waals surface area contributed by atoms with Gasteiger partial charge in [0.1, 0.15) is 18.4 Å². The van der Waals surface area contributed by atoms with E-state index in [1.54, 1.807) is 6.92 Å². The zero-order valence-corrected chi connectivity index (χ0v) is 22.1. The second kappa shape index (κ2) is 12.9. The van der Waals surface area contributed by atoms with Gasteiger partial charge in [-0.05, 0) is 42.5 Å². The molecule has 192 valence electrons. The lowest BCUT2D eigenvalue weighted by atomic mass is 10.1. The molecule has 0 saturated heterocycles. The Hall–Kier alpha value is -2.65. The van der Waals surface area contributed by atoms with Crippen molar-refractivity contribution in [3.63, 3.8) is 0 Å². The van der Waals surface area contributed by atoms with Gasteiger partial charge in [0.25, 0.3) is 0 Å². The van der Waals surface area contributed by atoms with Gasteiger partial charge in [-0.25, -0.2) is 12.8 Å². The molecule has 2 amide bonds. The Morgan fingerprint density at radius 2 is 1.77 bits per heavy atom. The Balaban J connectivity index is 2.36. The minimum atomic E-state index is -3.91. The van der Waals surface area contributed by atoms with Crippen LogP contribution in [-0.4, -0.2) is 57.1 Å². The van der Waals surface area contributed by atoms with Crippen molar-refractivity contribution in [3.8, 4) is 0 Å². The van der Waals surface area contributed by atoms with Crippen LogP contribution in [0.3, 0.4) is 0 Å². The fraction of sp³-hybridized carbons (Fsp3) is 0.440. The summed E-state index contributed by atoms with van der Waals surface area (Å²) in [5.74, 6) is -1.31. The number of amides is 2. The van der Waals surface area contributed by atoms with Crippen molar-refractivity contribution in [1.82, 2.24) is 10.2 Å². The van der Waals surface area contributed by atoms with Gasteiger partial charge in [-0.3, -0.25) is 13.9 Å². The molecule has 0 radical (unpaired) electrons. The molecule has 0 bridgehead atoms. The van der Waals surface area contributed by atoms with Gasteiger partial charge in [0.2, 0.25) is 21.8 Å². The monoisotopic (exact) mass is 525 g/mol. The van der Waals surface area contributed by atoms with Crippen molar-refractivity contribution in [2.24, 2.45) is 5.92 Å². The van der Waals surface area contributed by atoms with Crippen molar-refractivity contribution < 1.29 is 22.4 Å². The summed E-state index contributed by atoms with van der Waals surface area (Å²) in [4.78, 5) is 27.9. The van der Waals surface area contributed by atoms with Gasteiger partial charge < -0.3 is 10.2 Å². The van der Waals surface area contributed by atoms with Gasteiger partial charge in [0.05, 0.1) is 17.0 Å². The Morgan fingerprint density at radius 1 is 1.11 bits per heavy atom. The number of sulfonamides is 1. The molecule has 1 N–H and O–H groups in total. The van der Waals surface area contributed by atoms with E-state index in [1.807, 2.05) is 44.2 Å². The van der Waals surface area contributed by atoms with E-state index in [9.17, 15) is 22.4 Å². The maximum atomic E-state index is 13.7. The molecular formula is C25H33ClFN3O4S. The number of benzene rings is 2. The van der Waals surface area contributed by atoms with Crippen LogP contribution >= 0.6 is 11.6 Å². The van der Waals surface area contributed by atoms with Crippen LogP contribution in [0.5, 0.6) is 0 Å². The number of hydrogen-bond donors (Lipinski definition) is 1. The molecule has 0 fully saturated rings. The smallest absolute Gasteiger partial charge is 0.244 e. The Labute approximate surface area is 212 Å². The highest BCUT2D eigenvalue weighted by atomic mass is 35.5. The normalized spacial score (nSPS) is 12.3. The molecule has 0 spiro atoms. The van der Waals surface area contributed by atoms with E-state index in [1.165, 1.54) is 11.0 Å². The Kier molecular flexibility index (Phi) is 10.5. The predicted octanol–water partition coefficient (Wildman–Crippen LogP) is 3.87. The molecule has 0 aliphatic carbocycles. The van der Waals surface area contributed by atoms with E-state index in [0.29, 0.717) is 19.4 Å². The highest BCUT2D eigenvalue weighted by Gasteiger charge is 2.31. The first-order valence-electron chi connectivity index (χ1n) is 11.5. The predicted molar refractivity (Wildman–Crippen MR) is 137 cm³/mol. The fourth-order valence-corrected chi connectivity index (χ4v) is 4.59. The number of hydrogen-bond acceptors (Lipinski definition) is 4. The number of nitrogens with zero attached hydrogens (tertiary/aromatic N) is 2. The molecular weight excluding hydrogens is 493 g/mol. The van der Waals surface area contributed by atoms with E-state index in [-0.39, 0.29) is 29.1 Å². The average Bonchev–Trinajstić information content (AvgIpc) is 2.80. The first kappa shape index (κ1) is 28.6. The molecule has 2 aromatic carbocycles. The lowest BCUT2D eigenvalue weighted by molar-refractivity contribution is -0.139. The number of halogens is 2.